The first-order valence-electron chi connectivity index (χ1n) is 12.0. The van der Waals surface area contributed by atoms with Crippen molar-refractivity contribution in [3.8, 4) is 0 Å². The van der Waals surface area contributed by atoms with Crippen LogP contribution in [0.4, 0.5) is 0 Å². The lowest BCUT2D eigenvalue weighted by Crippen LogP contribution is -2.65. The van der Waals surface area contributed by atoms with Gasteiger partial charge in [-0.05, 0) is 50.4 Å². The quantitative estimate of drug-likeness (QED) is 0.297. The molecule has 2 atom stereocenters. The van der Waals surface area contributed by atoms with E-state index in [0.29, 0.717) is 11.8 Å². The van der Waals surface area contributed by atoms with Gasteiger partial charge in [-0.1, -0.05) is 107 Å². The maximum atomic E-state index is 4.16. The molecule has 1 heteroatoms. The fourth-order valence-corrected chi connectivity index (χ4v) is 4.46. The molecule has 1 N–H and O–H groups in total. The van der Waals surface area contributed by atoms with Gasteiger partial charge in [-0.15, -0.1) is 0 Å². The van der Waals surface area contributed by atoms with Crippen molar-refractivity contribution in [3.05, 3.63) is 0 Å². The van der Waals surface area contributed by atoms with Crippen LogP contribution >= 0.6 is 0 Å². The van der Waals surface area contributed by atoms with Gasteiger partial charge in [0.05, 0.1) is 0 Å². The lowest BCUT2D eigenvalue weighted by molar-refractivity contribution is -0.000137. The van der Waals surface area contributed by atoms with Gasteiger partial charge in [0.25, 0.3) is 0 Å². The average Bonchev–Trinajstić information content (AvgIpc) is 2.53. The predicted molar refractivity (Wildman–Crippen MR) is 125 cm³/mol. The summed E-state index contributed by atoms with van der Waals surface area (Å²) in [5.41, 5.74) is 0.671. The van der Waals surface area contributed by atoms with Gasteiger partial charge < -0.3 is 5.32 Å². The molecule has 0 aromatic heterocycles. The SMILES string of the molecule is CCCCCC(C)C(C)(C)C(C)(C)NC(C)(C)C(C)(C)C(C)CCCCC. The first kappa shape index (κ1) is 27.0. The van der Waals surface area contributed by atoms with Crippen molar-refractivity contribution in [2.75, 3.05) is 0 Å². The minimum absolute atomic E-state index is 0.0859. The van der Waals surface area contributed by atoms with Crippen molar-refractivity contribution in [2.45, 2.75) is 146 Å². The summed E-state index contributed by atoms with van der Waals surface area (Å²) in [5.74, 6) is 1.43. The molecule has 0 aliphatic carbocycles. The van der Waals surface area contributed by atoms with Crippen LogP contribution in [0, 0.1) is 22.7 Å². The number of hydrogen-bond acceptors (Lipinski definition) is 1. The van der Waals surface area contributed by atoms with E-state index in [1.807, 2.05) is 0 Å². The van der Waals surface area contributed by atoms with Crippen LogP contribution in [0.5, 0.6) is 0 Å². The second-order valence-electron chi connectivity index (χ2n) is 11.6. The monoisotopic (exact) mass is 381 g/mol. The fourth-order valence-electron chi connectivity index (χ4n) is 4.46. The zero-order valence-electron chi connectivity index (χ0n) is 21.3. The topological polar surface area (TPSA) is 12.0 Å². The van der Waals surface area contributed by atoms with Gasteiger partial charge in [-0.2, -0.15) is 0 Å². The second kappa shape index (κ2) is 10.7. The highest BCUT2D eigenvalue weighted by Gasteiger charge is 2.48. The van der Waals surface area contributed by atoms with Gasteiger partial charge in [0.1, 0.15) is 0 Å². The summed E-state index contributed by atoms with van der Waals surface area (Å²) in [6.07, 6.45) is 10.7. The summed E-state index contributed by atoms with van der Waals surface area (Å²) in [5, 5.41) is 4.16. The van der Waals surface area contributed by atoms with Crippen LogP contribution in [0.2, 0.25) is 0 Å². The van der Waals surface area contributed by atoms with Gasteiger partial charge in [0.2, 0.25) is 0 Å². The summed E-state index contributed by atoms with van der Waals surface area (Å²) in [6, 6.07) is 0. The Bertz CT molecular complexity index is 364. The van der Waals surface area contributed by atoms with Crippen LogP contribution < -0.4 is 5.32 Å². The van der Waals surface area contributed by atoms with E-state index in [0.717, 1.165) is 0 Å². The first-order valence-corrected chi connectivity index (χ1v) is 12.0. The van der Waals surface area contributed by atoms with Gasteiger partial charge in [-0.3, -0.25) is 0 Å². The van der Waals surface area contributed by atoms with Crippen molar-refractivity contribution >= 4 is 0 Å². The molecule has 164 valence electrons. The normalized spacial score (nSPS) is 16.4. The summed E-state index contributed by atoms with van der Waals surface area (Å²) in [4.78, 5) is 0. The van der Waals surface area contributed by atoms with Crippen LogP contribution in [0.25, 0.3) is 0 Å². The van der Waals surface area contributed by atoms with Gasteiger partial charge in [0.15, 0.2) is 0 Å². The molecule has 1 nitrogen and oxygen atoms in total. The number of rotatable bonds is 14. The third-order valence-corrected chi connectivity index (χ3v) is 8.79. The summed E-state index contributed by atoms with van der Waals surface area (Å²) in [6.45, 7) is 29.2. The standard InChI is InChI=1S/C26H55N/c1-13-15-17-19-21(3)23(5,6)25(9,10)27-26(11,12)24(7,8)22(4)20-18-16-14-2/h21-22,27H,13-20H2,1-12H3. The zero-order valence-corrected chi connectivity index (χ0v) is 21.3. The number of unbranched alkanes of at least 4 members (excludes halogenated alkanes) is 4. The Kier molecular flexibility index (Phi) is 10.6. The van der Waals surface area contributed by atoms with Crippen molar-refractivity contribution in [3.63, 3.8) is 0 Å². The van der Waals surface area contributed by atoms with E-state index in [1.165, 1.54) is 51.4 Å². The molecular formula is C26H55N. The van der Waals surface area contributed by atoms with E-state index in [2.05, 4.69) is 88.4 Å². The molecule has 0 aromatic rings. The van der Waals surface area contributed by atoms with Crippen LogP contribution in [0.3, 0.4) is 0 Å². The largest absolute Gasteiger partial charge is 0.306 e. The number of nitrogens with one attached hydrogen (secondary N) is 1. The maximum absolute atomic E-state index is 4.16. The highest BCUT2D eigenvalue weighted by molar-refractivity contribution is 5.05. The van der Waals surface area contributed by atoms with Crippen LogP contribution in [-0.4, -0.2) is 11.1 Å². The fraction of sp³-hybridized carbons (Fsp3) is 1.00. The zero-order chi connectivity index (χ0) is 21.5. The van der Waals surface area contributed by atoms with Gasteiger partial charge in [0, 0.05) is 11.1 Å². The molecule has 0 rings (SSSR count). The molecule has 0 aromatic carbocycles. The Morgan fingerprint density at radius 3 is 1.11 bits per heavy atom. The third-order valence-electron chi connectivity index (χ3n) is 8.79. The molecule has 0 saturated heterocycles. The maximum Gasteiger partial charge on any atom is 0.0183 e. The Labute approximate surface area is 173 Å². The molecule has 0 spiro atoms. The Hall–Kier alpha value is -0.0400. The minimum Gasteiger partial charge on any atom is -0.306 e. The average molecular weight is 382 g/mol. The molecule has 2 unspecified atom stereocenters. The van der Waals surface area contributed by atoms with Crippen molar-refractivity contribution in [2.24, 2.45) is 22.7 Å². The molecule has 0 heterocycles. The number of hydrogen-bond donors (Lipinski definition) is 1. The van der Waals surface area contributed by atoms with Crippen molar-refractivity contribution < 1.29 is 0 Å². The Morgan fingerprint density at radius 2 is 0.852 bits per heavy atom. The molecule has 0 radical (unpaired) electrons. The van der Waals surface area contributed by atoms with E-state index in [1.54, 1.807) is 0 Å². The summed E-state index contributed by atoms with van der Waals surface area (Å²) < 4.78 is 0. The lowest BCUT2D eigenvalue weighted by atomic mass is 9.61. The van der Waals surface area contributed by atoms with E-state index < -0.39 is 0 Å². The molecule has 0 aliphatic heterocycles. The summed E-state index contributed by atoms with van der Waals surface area (Å²) >= 11 is 0. The van der Waals surface area contributed by atoms with Crippen LogP contribution in [0.15, 0.2) is 0 Å². The minimum atomic E-state index is 0.0859. The molecular weight excluding hydrogens is 326 g/mol. The van der Waals surface area contributed by atoms with Gasteiger partial charge in [-0.25, -0.2) is 0 Å². The highest BCUT2D eigenvalue weighted by atomic mass is 15.1. The van der Waals surface area contributed by atoms with E-state index in [-0.39, 0.29) is 21.9 Å². The van der Waals surface area contributed by atoms with E-state index in [4.69, 9.17) is 0 Å². The predicted octanol–water partition coefficient (Wildman–Crippen LogP) is 8.62. The smallest absolute Gasteiger partial charge is 0.0183 e. The summed E-state index contributed by atoms with van der Waals surface area (Å²) in [7, 11) is 0. The Balaban J connectivity index is 5.24. The van der Waals surface area contributed by atoms with Gasteiger partial charge >= 0.3 is 0 Å². The molecule has 0 bridgehead atoms. The Morgan fingerprint density at radius 1 is 0.556 bits per heavy atom. The first-order chi connectivity index (χ1) is 12.2. The lowest BCUT2D eigenvalue weighted by Gasteiger charge is -2.56. The van der Waals surface area contributed by atoms with E-state index in [9.17, 15) is 0 Å². The highest BCUT2D eigenvalue weighted by Crippen LogP contribution is 2.46. The van der Waals surface area contributed by atoms with Crippen molar-refractivity contribution in [1.82, 2.24) is 5.32 Å². The second-order valence-corrected chi connectivity index (χ2v) is 11.6. The third kappa shape index (κ3) is 7.06. The molecule has 27 heavy (non-hydrogen) atoms. The molecule has 0 saturated carbocycles. The van der Waals surface area contributed by atoms with Crippen LogP contribution in [0.1, 0.15) is 134 Å². The molecule has 0 amide bonds. The molecule has 0 fully saturated rings. The van der Waals surface area contributed by atoms with Crippen molar-refractivity contribution in [1.29, 1.82) is 0 Å². The van der Waals surface area contributed by atoms with Crippen LogP contribution in [-0.2, 0) is 0 Å². The molecule has 0 aliphatic rings. The van der Waals surface area contributed by atoms with E-state index >= 15 is 0 Å².